The Kier molecular flexibility index (Phi) is 1.91. The van der Waals surface area contributed by atoms with Gasteiger partial charge in [-0.25, -0.2) is 0 Å². The molecule has 0 atom stereocenters. The minimum absolute atomic E-state index is 0.499. The molecule has 1 heterocycles. The van der Waals surface area contributed by atoms with Crippen molar-refractivity contribution >= 4 is 10.9 Å². The third-order valence-electron chi connectivity index (χ3n) is 2.69. The standard InChI is InChI=1S/C13H12N2/c1-2-6-11(5-1)9-15-10-12-7-3-4-8-13(12)14-15/h1-8,10-11H,9H2. The van der Waals surface area contributed by atoms with Crippen LogP contribution >= 0.6 is 0 Å². The summed E-state index contributed by atoms with van der Waals surface area (Å²) < 4.78 is 2.02. The Labute approximate surface area is 88.5 Å². The van der Waals surface area contributed by atoms with Crippen molar-refractivity contribution in [3.05, 3.63) is 54.8 Å². The maximum absolute atomic E-state index is 4.53. The molecule has 0 fully saturated rings. The number of rotatable bonds is 2. The smallest absolute Gasteiger partial charge is 0.0923 e. The predicted octanol–water partition coefficient (Wildman–Crippen LogP) is 2.78. The van der Waals surface area contributed by atoms with Gasteiger partial charge in [0.05, 0.1) is 12.1 Å². The van der Waals surface area contributed by atoms with Crippen molar-refractivity contribution in [2.75, 3.05) is 0 Å². The van der Waals surface area contributed by atoms with Crippen molar-refractivity contribution in [1.82, 2.24) is 9.78 Å². The Morgan fingerprint density at radius 1 is 1.13 bits per heavy atom. The summed E-state index contributed by atoms with van der Waals surface area (Å²) in [5.41, 5.74) is 1.07. The van der Waals surface area contributed by atoms with Gasteiger partial charge in [0.25, 0.3) is 0 Å². The van der Waals surface area contributed by atoms with Crippen LogP contribution < -0.4 is 0 Å². The second kappa shape index (κ2) is 3.39. The number of allylic oxidation sites excluding steroid dienone is 4. The lowest BCUT2D eigenvalue weighted by Crippen LogP contribution is -2.05. The van der Waals surface area contributed by atoms with Crippen LogP contribution in [0, 0.1) is 5.92 Å². The largest absolute Gasteiger partial charge is 0.271 e. The highest BCUT2D eigenvalue weighted by Crippen LogP contribution is 2.15. The Morgan fingerprint density at radius 3 is 2.73 bits per heavy atom. The molecule has 0 bridgehead atoms. The topological polar surface area (TPSA) is 17.8 Å². The zero-order chi connectivity index (χ0) is 10.1. The van der Waals surface area contributed by atoms with Gasteiger partial charge in [-0.3, -0.25) is 4.68 Å². The van der Waals surface area contributed by atoms with E-state index in [2.05, 4.69) is 41.7 Å². The van der Waals surface area contributed by atoms with Crippen LogP contribution in [0.3, 0.4) is 0 Å². The molecule has 1 aliphatic rings. The highest BCUT2D eigenvalue weighted by atomic mass is 15.3. The van der Waals surface area contributed by atoms with Gasteiger partial charge in [0.1, 0.15) is 0 Å². The molecule has 0 saturated carbocycles. The number of nitrogens with zero attached hydrogens (tertiary/aromatic N) is 2. The second-order valence-electron chi connectivity index (χ2n) is 3.84. The van der Waals surface area contributed by atoms with E-state index in [-0.39, 0.29) is 0 Å². The molecule has 0 saturated heterocycles. The fourth-order valence-corrected chi connectivity index (χ4v) is 1.92. The van der Waals surface area contributed by atoms with Crippen LogP contribution in [0.5, 0.6) is 0 Å². The summed E-state index contributed by atoms with van der Waals surface area (Å²) >= 11 is 0. The third kappa shape index (κ3) is 1.59. The van der Waals surface area contributed by atoms with Crippen molar-refractivity contribution in [2.45, 2.75) is 6.54 Å². The van der Waals surface area contributed by atoms with E-state index in [0.29, 0.717) is 5.92 Å². The molecule has 2 heteroatoms. The molecule has 1 aromatic carbocycles. The van der Waals surface area contributed by atoms with E-state index in [1.165, 1.54) is 5.39 Å². The Morgan fingerprint density at radius 2 is 1.93 bits per heavy atom. The van der Waals surface area contributed by atoms with Gasteiger partial charge in [0.15, 0.2) is 0 Å². The van der Waals surface area contributed by atoms with E-state index in [1.807, 2.05) is 22.9 Å². The van der Waals surface area contributed by atoms with E-state index >= 15 is 0 Å². The maximum Gasteiger partial charge on any atom is 0.0923 e. The van der Waals surface area contributed by atoms with E-state index in [1.54, 1.807) is 0 Å². The van der Waals surface area contributed by atoms with Crippen molar-refractivity contribution in [1.29, 1.82) is 0 Å². The van der Waals surface area contributed by atoms with Crippen molar-refractivity contribution in [3.63, 3.8) is 0 Å². The summed E-state index contributed by atoms with van der Waals surface area (Å²) in [6, 6.07) is 8.21. The lowest BCUT2D eigenvalue weighted by atomic mass is 10.2. The lowest BCUT2D eigenvalue weighted by molar-refractivity contribution is 0.562. The van der Waals surface area contributed by atoms with E-state index < -0.39 is 0 Å². The Balaban J connectivity index is 1.91. The van der Waals surface area contributed by atoms with Crippen LogP contribution in [-0.2, 0) is 6.54 Å². The summed E-state index contributed by atoms with van der Waals surface area (Å²) in [7, 11) is 0. The first-order chi connectivity index (χ1) is 7.42. The monoisotopic (exact) mass is 196 g/mol. The molecule has 0 spiro atoms. The van der Waals surface area contributed by atoms with Gasteiger partial charge >= 0.3 is 0 Å². The van der Waals surface area contributed by atoms with Gasteiger partial charge in [0.2, 0.25) is 0 Å². The number of hydrogen-bond acceptors (Lipinski definition) is 1. The molecule has 1 aromatic heterocycles. The quantitative estimate of drug-likeness (QED) is 0.722. The molecular formula is C13H12N2. The van der Waals surface area contributed by atoms with Crippen LogP contribution in [0.2, 0.25) is 0 Å². The van der Waals surface area contributed by atoms with E-state index in [0.717, 1.165) is 12.1 Å². The molecule has 1 aliphatic carbocycles. The highest BCUT2D eigenvalue weighted by Gasteiger charge is 2.06. The van der Waals surface area contributed by atoms with Crippen molar-refractivity contribution in [2.24, 2.45) is 5.92 Å². The first-order valence-electron chi connectivity index (χ1n) is 5.19. The van der Waals surface area contributed by atoms with Gasteiger partial charge in [0, 0.05) is 17.5 Å². The average Bonchev–Trinajstić information content (AvgIpc) is 2.86. The number of aromatic nitrogens is 2. The van der Waals surface area contributed by atoms with Gasteiger partial charge in [-0.15, -0.1) is 0 Å². The van der Waals surface area contributed by atoms with Crippen LogP contribution in [0.15, 0.2) is 54.8 Å². The third-order valence-corrected chi connectivity index (χ3v) is 2.69. The average molecular weight is 196 g/mol. The minimum atomic E-state index is 0.499. The SMILES string of the molecule is C1=CC(Cn2cc3ccccc3n2)C=C1. The summed E-state index contributed by atoms with van der Waals surface area (Å²) in [5, 5.41) is 5.74. The molecule has 2 nitrogen and oxygen atoms in total. The molecule has 3 rings (SSSR count). The van der Waals surface area contributed by atoms with Crippen LogP contribution in [0.25, 0.3) is 10.9 Å². The van der Waals surface area contributed by atoms with Gasteiger partial charge in [-0.05, 0) is 6.07 Å². The van der Waals surface area contributed by atoms with E-state index in [4.69, 9.17) is 0 Å². The summed E-state index contributed by atoms with van der Waals surface area (Å²) in [6.07, 6.45) is 10.7. The minimum Gasteiger partial charge on any atom is -0.271 e. The Bertz CT molecular complexity index is 489. The molecule has 0 radical (unpaired) electrons. The molecule has 74 valence electrons. The van der Waals surface area contributed by atoms with E-state index in [9.17, 15) is 0 Å². The summed E-state index contributed by atoms with van der Waals surface area (Å²) in [4.78, 5) is 0. The van der Waals surface area contributed by atoms with Crippen LogP contribution in [-0.4, -0.2) is 9.78 Å². The van der Waals surface area contributed by atoms with Gasteiger partial charge in [-0.2, -0.15) is 5.10 Å². The highest BCUT2D eigenvalue weighted by molar-refractivity contribution is 5.77. The first kappa shape index (κ1) is 8.48. The number of hydrogen-bond donors (Lipinski definition) is 0. The summed E-state index contributed by atoms with van der Waals surface area (Å²) in [5.74, 6) is 0.499. The molecular weight excluding hydrogens is 184 g/mol. The van der Waals surface area contributed by atoms with Crippen molar-refractivity contribution in [3.8, 4) is 0 Å². The first-order valence-corrected chi connectivity index (χ1v) is 5.19. The molecule has 2 aromatic rings. The van der Waals surface area contributed by atoms with Crippen LogP contribution in [0.4, 0.5) is 0 Å². The molecule has 0 unspecified atom stereocenters. The Hall–Kier alpha value is -1.83. The zero-order valence-corrected chi connectivity index (χ0v) is 8.38. The lowest BCUT2D eigenvalue weighted by Gasteiger charge is -2.04. The van der Waals surface area contributed by atoms with Crippen LogP contribution in [0.1, 0.15) is 0 Å². The fraction of sp³-hybridized carbons (Fsp3) is 0.154. The maximum atomic E-state index is 4.53. The second-order valence-corrected chi connectivity index (χ2v) is 3.84. The normalized spacial score (nSPS) is 15.5. The number of fused-ring (bicyclic) bond motifs is 1. The molecule has 0 N–H and O–H groups in total. The van der Waals surface area contributed by atoms with Gasteiger partial charge in [-0.1, -0.05) is 42.5 Å². The molecule has 0 amide bonds. The zero-order valence-electron chi connectivity index (χ0n) is 8.38. The predicted molar refractivity (Wildman–Crippen MR) is 61.5 cm³/mol. The number of benzene rings is 1. The fourth-order valence-electron chi connectivity index (χ4n) is 1.92. The van der Waals surface area contributed by atoms with Crippen molar-refractivity contribution < 1.29 is 0 Å². The molecule has 15 heavy (non-hydrogen) atoms. The summed E-state index contributed by atoms with van der Waals surface area (Å²) in [6.45, 7) is 0.932. The molecule has 0 aliphatic heterocycles. The van der Waals surface area contributed by atoms with Gasteiger partial charge < -0.3 is 0 Å².